The van der Waals surface area contributed by atoms with Crippen LogP contribution in [-0.2, 0) is 4.79 Å². The number of amides is 1. The molecule has 3 aromatic rings. The molecule has 218 valence electrons. The van der Waals surface area contributed by atoms with Crippen molar-refractivity contribution in [3.05, 3.63) is 78.5 Å². The highest BCUT2D eigenvalue weighted by molar-refractivity contribution is 7.07. The predicted molar refractivity (Wildman–Crippen MR) is 160 cm³/mol. The van der Waals surface area contributed by atoms with E-state index in [-0.39, 0.29) is 11.5 Å². The number of likely N-dealkylation sites (N-methyl/N-ethyl adjacent to an activating group) is 1. The van der Waals surface area contributed by atoms with Crippen LogP contribution >= 0.6 is 11.3 Å². The first-order chi connectivity index (χ1) is 19.8. The number of ether oxygens (including phenoxy) is 4. The van der Waals surface area contributed by atoms with E-state index in [0.29, 0.717) is 75.5 Å². The van der Waals surface area contributed by atoms with E-state index in [4.69, 9.17) is 23.9 Å². The molecule has 1 atom stereocenters. The van der Waals surface area contributed by atoms with Gasteiger partial charge in [0.05, 0.1) is 43.2 Å². The van der Waals surface area contributed by atoms with Gasteiger partial charge in [-0.05, 0) is 76.6 Å². The van der Waals surface area contributed by atoms with Gasteiger partial charge in [-0.1, -0.05) is 17.4 Å². The van der Waals surface area contributed by atoms with Crippen LogP contribution in [0.4, 0.5) is 0 Å². The van der Waals surface area contributed by atoms with Gasteiger partial charge in [0.25, 0.3) is 11.5 Å². The average molecular weight is 580 g/mol. The Bertz CT molecular complexity index is 1630. The van der Waals surface area contributed by atoms with Crippen molar-refractivity contribution in [2.45, 2.75) is 40.7 Å². The number of carbonyl (C=O) groups is 1. The molecule has 9 nitrogen and oxygen atoms in total. The number of fused-ring (bicyclic) bond motifs is 1. The first kappa shape index (κ1) is 29.9. The summed E-state index contributed by atoms with van der Waals surface area (Å²) in [7, 11) is 3.15. The van der Waals surface area contributed by atoms with E-state index in [1.807, 2.05) is 65.0 Å². The molecule has 1 aliphatic rings. The van der Waals surface area contributed by atoms with E-state index in [0.717, 1.165) is 5.56 Å². The van der Waals surface area contributed by atoms with Crippen molar-refractivity contribution in [3.8, 4) is 23.0 Å². The van der Waals surface area contributed by atoms with Crippen LogP contribution in [0.15, 0.2) is 57.5 Å². The van der Waals surface area contributed by atoms with Crippen molar-refractivity contribution in [1.82, 2.24) is 9.47 Å². The maximum absolute atomic E-state index is 14.1. The zero-order valence-corrected chi connectivity index (χ0v) is 25.5. The second kappa shape index (κ2) is 13.1. The lowest BCUT2D eigenvalue weighted by molar-refractivity contribution is -0.127. The van der Waals surface area contributed by atoms with E-state index in [9.17, 15) is 9.59 Å². The Balaban J connectivity index is 1.97. The Hall–Kier alpha value is -4.05. The highest BCUT2D eigenvalue weighted by atomic mass is 32.1. The van der Waals surface area contributed by atoms with Crippen molar-refractivity contribution < 1.29 is 23.7 Å². The minimum Gasteiger partial charge on any atom is -0.497 e. The molecule has 0 saturated heterocycles. The first-order valence-corrected chi connectivity index (χ1v) is 14.6. The average Bonchev–Trinajstić information content (AvgIpc) is 3.27. The fraction of sp³-hybridized carbons (Fsp3) is 0.387. The summed E-state index contributed by atoms with van der Waals surface area (Å²) in [5, 5.41) is 0. The van der Waals surface area contributed by atoms with E-state index >= 15 is 0 Å². The van der Waals surface area contributed by atoms with E-state index in [1.54, 1.807) is 35.8 Å². The minimum absolute atomic E-state index is 0.173. The zero-order chi connectivity index (χ0) is 29.7. The Morgan fingerprint density at radius 1 is 0.976 bits per heavy atom. The molecule has 0 N–H and O–H groups in total. The Kier molecular flexibility index (Phi) is 9.54. The molecule has 41 heavy (non-hydrogen) atoms. The summed E-state index contributed by atoms with van der Waals surface area (Å²) in [5.41, 5.74) is 2.16. The molecular weight excluding hydrogens is 542 g/mol. The van der Waals surface area contributed by atoms with E-state index < -0.39 is 6.04 Å². The molecule has 1 amide bonds. The highest BCUT2D eigenvalue weighted by Gasteiger charge is 2.36. The zero-order valence-electron chi connectivity index (χ0n) is 24.6. The summed E-state index contributed by atoms with van der Waals surface area (Å²) in [6.07, 6.45) is 1.81. The number of rotatable bonds is 11. The van der Waals surface area contributed by atoms with Crippen molar-refractivity contribution in [2.24, 2.45) is 4.99 Å². The molecule has 1 aliphatic heterocycles. The quantitative estimate of drug-likeness (QED) is 0.342. The van der Waals surface area contributed by atoms with Crippen LogP contribution < -0.4 is 33.8 Å². The number of hydrogen-bond donors (Lipinski definition) is 0. The summed E-state index contributed by atoms with van der Waals surface area (Å²) in [6, 6.07) is 10.2. The van der Waals surface area contributed by atoms with Crippen LogP contribution in [0.1, 0.15) is 51.8 Å². The number of carbonyl (C=O) groups excluding carboxylic acids is 1. The number of hydrogen-bond acceptors (Lipinski definition) is 8. The number of nitrogens with zero attached hydrogens (tertiary/aromatic N) is 3. The van der Waals surface area contributed by atoms with Gasteiger partial charge in [0.15, 0.2) is 16.3 Å². The van der Waals surface area contributed by atoms with Crippen LogP contribution in [-0.4, -0.2) is 55.9 Å². The predicted octanol–water partition coefficient (Wildman–Crippen LogP) is 3.92. The van der Waals surface area contributed by atoms with Crippen LogP contribution in [0, 0.1) is 0 Å². The molecule has 10 heteroatoms. The maximum Gasteiger partial charge on any atom is 0.271 e. The van der Waals surface area contributed by atoms with Crippen LogP contribution in [0.25, 0.3) is 6.08 Å². The van der Waals surface area contributed by atoms with Crippen molar-refractivity contribution in [3.63, 3.8) is 0 Å². The molecule has 0 radical (unpaired) electrons. The number of thiazole rings is 1. The smallest absolute Gasteiger partial charge is 0.271 e. The molecule has 4 rings (SSSR count). The van der Waals surface area contributed by atoms with Gasteiger partial charge in [-0.25, -0.2) is 4.99 Å². The standard InChI is InChI=1S/C31H37N3O6S/c1-8-33(9-2)30(36)27-19(5)32-31-34(28(27)22-18-21(37-6)13-15-23(22)38-7)29(35)26(41-31)17-20-12-14-24(39-10-3)25(16-20)40-11-4/h12-18,28H,8-11H2,1-7H3/b26-17+/t28-/m1/s1. The second-order valence-electron chi connectivity index (χ2n) is 9.24. The van der Waals surface area contributed by atoms with Crippen molar-refractivity contribution in [2.75, 3.05) is 40.5 Å². The van der Waals surface area contributed by atoms with Gasteiger partial charge in [-0.2, -0.15) is 0 Å². The van der Waals surface area contributed by atoms with Crippen molar-refractivity contribution >= 4 is 23.3 Å². The van der Waals surface area contributed by atoms with Crippen molar-refractivity contribution in [1.29, 1.82) is 0 Å². The van der Waals surface area contributed by atoms with Crippen LogP contribution in [0.5, 0.6) is 23.0 Å². The fourth-order valence-electron chi connectivity index (χ4n) is 4.93. The van der Waals surface area contributed by atoms with E-state index in [2.05, 4.69) is 0 Å². The molecule has 2 aromatic carbocycles. The lowest BCUT2D eigenvalue weighted by Gasteiger charge is -2.30. The van der Waals surface area contributed by atoms with Gasteiger partial charge < -0.3 is 23.8 Å². The van der Waals surface area contributed by atoms with Crippen LogP contribution in [0.2, 0.25) is 0 Å². The summed E-state index contributed by atoms with van der Waals surface area (Å²) in [5.74, 6) is 2.21. The molecule has 0 saturated carbocycles. The lowest BCUT2D eigenvalue weighted by atomic mass is 9.93. The maximum atomic E-state index is 14.1. The summed E-state index contributed by atoms with van der Waals surface area (Å²) < 4.78 is 24.8. The third-order valence-electron chi connectivity index (χ3n) is 6.90. The largest absolute Gasteiger partial charge is 0.497 e. The van der Waals surface area contributed by atoms with Gasteiger partial charge in [0.2, 0.25) is 0 Å². The fourth-order valence-corrected chi connectivity index (χ4v) is 5.98. The molecule has 0 fully saturated rings. The summed E-state index contributed by atoms with van der Waals surface area (Å²) in [6.45, 7) is 11.6. The third-order valence-corrected chi connectivity index (χ3v) is 7.88. The van der Waals surface area contributed by atoms with Gasteiger partial charge in [-0.15, -0.1) is 0 Å². The Morgan fingerprint density at radius 2 is 1.66 bits per heavy atom. The normalized spacial score (nSPS) is 14.8. The molecule has 0 bridgehead atoms. The molecular formula is C31H37N3O6S. The molecule has 0 aliphatic carbocycles. The number of allylic oxidation sites excluding steroid dienone is 1. The molecule has 1 aromatic heterocycles. The number of benzene rings is 2. The van der Waals surface area contributed by atoms with Gasteiger partial charge >= 0.3 is 0 Å². The molecule has 0 unspecified atom stereocenters. The minimum atomic E-state index is -0.758. The summed E-state index contributed by atoms with van der Waals surface area (Å²) >= 11 is 1.27. The van der Waals surface area contributed by atoms with Crippen LogP contribution in [0.3, 0.4) is 0 Å². The molecule has 0 spiro atoms. The Labute approximate surface area is 244 Å². The number of aromatic nitrogens is 1. The lowest BCUT2D eigenvalue weighted by Crippen LogP contribution is -2.43. The second-order valence-corrected chi connectivity index (χ2v) is 10.2. The van der Waals surface area contributed by atoms with E-state index in [1.165, 1.54) is 11.3 Å². The highest BCUT2D eigenvalue weighted by Crippen LogP contribution is 2.38. The third kappa shape index (κ3) is 5.88. The Morgan fingerprint density at radius 3 is 2.29 bits per heavy atom. The topological polar surface area (TPSA) is 91.6 Å². The first-order valence-electron chi connectivity index (χ1n) is 13.7. The van der Waals surface area contributed by atoms with Gasteiger partial charge in [0.1, 0.15) is 17.5 Å². The summed E-state index contributed by atoms with van der Waals surface area (Å²) in [4.78, 5) is 35.0. The number of methoxy groups -OCH3 is 2. The van der Waals surface area contributed by atoms with Gasteiger partial charge in [0, 0.05) is 18.7 Å². The monoisotopic (exact) mass is 579 g/mol. The molecule has 2 heterocycles. The SMILES string of the molecule is CCOc1ccc(/C=c2/sc3n(c2=O)[C@H](c2cc(OC)ccc2OC)C(C(=O)N(CC)CC)=C(C)N=3)cc1OCC. The van der Waals surface area contributed by atoms with Gasteiger partial charge in [-0.3, -0.25) is 14.2 Å².